The molecule has 0 fully saturated rings. The second-order valence-corrected chi connectivity index (χ2v) is 3.71. The van der Waals surface area contributed by atoms with Gasteiger partial charge in [0.2, 0.25) is 0 Å². The minimum Gasteiger partial charge on any atom is -0.301 e. The monoisotopic (exact) mass is 149 g/mol. The molecule has 0 atom stereocenters. The lowest BCUT2D eigenvalue weighted by molar-refractivity contribution is 0.248. The summed E-state index contributed by atoms with van der Waals surface area (Å²) in [6.07, 6.45) is 0. The summed E-state index contributed by atoms with van der Waals surface area (Å²) in [5, 5.41) is 0. The third-order valence-corrected chi connectivity index (χ3v) is 2.54. The van der Waals surface area contributed by atoms with Crippen LogP contribution in [0.5, 0.6) is 0 Å². The van der Waals surface area contributed by atoms with E-state index < -0.39 is 7.75 Å². The Morgan fingerprint density at radius 1 is 1.44 bits per heavy atom. The lowest BCUT2D eigenvalue weighted by Crippen LogP contribution is -2.12. The average Bonchev–Trinajstić information content (AvgIpc) is 1.86. The molecule has 0 heterocycles. The minimum atomic E-state index is -3.14. The van der Waals surface area contributed by atoms with Crippen LogP contribution in [0.1, 0.15) is 0 Å². The van der Waals surface area contributed by atoms with Gasteiger partial charge < -0.3 is 9.05 Å². The van der Waals surface area contributed by atoms with E-state index >= 15 is 0 Å². The van der Waals surface area contributed by atoms with Crippen LogP contribution in [0, 0.1) is 0 Å². The van der Waals surface area contributed by atoms with Crippen molar-refractivity contribution in [3.63, 3.8) is 0 Å². The smallest absolute Gasteiger partial charge is 0.301 e. The Labute approximate surface area is 56.1 Å². The summed E-state index contributed by atoms with van der Waals surface area (Å²) in [5.41, 5.74) is 0. The highest BCUT2D eigenvalue weighted by molar-refractivity contribution is 7.52. The molecule has 0 aliphatic rings. The molecule has 0 unspecified atom stereocenters. The highest BCUT2D eigenvalue weighted by Gasteiger charge is 2.22. The molecule has 0 spiro atoms. The van der Waals surface area contributed by atoms with Crippen molar-refractivity contribution in [3.8, 4) is 0 Å². The van der Waals surface area contributed by atoms with Crippen molar-refractivity contribution in [1.29, 1.82) is 0 Å². The topological polar surface area (TPSA) is 38.8 Å². The van der Waals surface area contributed by atoms with Gasteiger partial charge in [0.15, 0.2) is 7.98 Å². The van der Waals surface area contributed by atoms with Gasteiger partial charge in [-0.3, -0.25) is 4.58 Å². The molecule has 4 nitrogen and oxygen atoms in total. The lowest BCUT2D eigenvalue weighted by Gasteiger charge is -2.19. The molecule has 0 N–H and O–H groups in total. The predicted octanol–water partition coefficient (Wildman–Crippen LogP) is 0.403. The van der Waals surface area contributed by atoms with E-state index in [1.54, 1.807) is 0 Å². The summed E-state index contributed by atoms with van der Waals surface area (Å²) in [7, 11) is 5.92. The second-order valence-electron chi connectivity index (χ2n) is 1.41. The van der Waals surface area contributed by atoms with Gasteiger partial charge in [0.05, 0.1) is 0 Å². The first kappa shape index (κ1) is 9.17. The van der Waals surface area contributed by atoms with Gasteiger partial charge in [-0.2, -0.15) is 0 Å². The Bertz CT molecular complexity index is 120. The van der Waals surface area contributed by atoms with Crippen LogP contribution in [-0.2, 0) is 13.6 Å². The molecule has 52 valence electrons. The van der Waals surface area contributed by atoms with Gasteiger partial charge in [-0.15, -0.1) is 0 Å². The largest absolute Gasteiger partial charge is 0.395 e. The maximum atomic E-state index is 11.0. The normalized spacial score (nSPS) is 12.4. The Balaban J connectivity index is 4.11. The van der Waals surface area contributed by atoms with E-state index in [2.05, 4.69) is 9.05 Å². The quantitative estimate of drug-likeness (QED) is 0.430. The van der Waals surface area contributed by atoms with Gasteiger partial charge >= 0.3 is 7.75 Å². The maximum absolute atomic E-state index is 11.0. The fourth-order valence-electron chi connectivity index (χ4n) is 0.332. The fraction of sp³-hybridized carbons (Fsp3) is 1.00. The summed E-state index contributed by atoms with van der Waals surface area (Å²) >= 11 is 0. The highest BCUT2D eigenvalue weighted by Crippen LogP contribution is 2.47. The zero-order valence-electron chi connectivity index (χ0n) is 5.70. The van der Waals surface area contributed by atoms with Crippen molar-refractivity contribution >= 4 is 15.7 Å². The highest BCUT2D eigenvalue weighted by atomic mass is 31.2. The number of rotatable bonds is 3. The van der Waals surface area contributed by atoms with E-state index in [1.165, 1.54) is 21.3 Å². The summed E-state index contributed by atoms with van der Waals surface area (Å²) in [4.78, 5) is 0. The van der Waals surface area contributed by atoms with Crippen molar-refractivity contribution in [2.45, 2.75) is 0 Å². The molecule has 0 amide bonds. The zero-order valence-corrected chi connectivity index (χ0v) is 6.59. The molecule has 0 aromatic carbocycles. The molecule has 2 radical (unpaired) electrons. The third kappa shape index (κ3) is 2.10. The molecule has 0 aliphatic heterocycles. The fourth-order valence-corrected chi connectivity index (χ4v) is 0.996. The van der Waals surface area contributed by atoms with Crippen LogP contribution >= 0.6 is 7.75 Å². The molecule has 0 aromatic heterocycles. The van der Waals surface area contributed by atoms with Gasteiger partial charge in [0.1, 0.15) is 0 Å². The van der Waals surface area contributed by atoms with Crippen LogP contribution in [0.3, 0.4) is 0 Å². The average molecular weight is 149 g/mol. The summed E-state index contributed by atoms with van der Waals surface area (Å²) in [6, 6.07) is 0. The van der Waals surface area contributed by atoms with Crippen molar-refractivity contribution < 1.29 is 13.6 Å². The molecule has 6 heteroatoms. The van der Waals surface area contributed by atoms with E-state index in [0.717, 1.165) is 4.58 Å². The number of hydrogen-bond donors (Lipinski definition) is 0. The second kappa shape index (κ2) is 3.37. The van der Waals surface area contributed by atoms with Crippen LogP contribution in [-0.4, -0.2) is 33.8 Å². The van der Waals surface area contributed by atoms with Crippen molar-refractivity contribution in [1.82, 2.24) is 4.58 Å². The molecular formula is C3H9BNO3P. The lowest BCUT2D eigenvalue weighted by atomic mass is 10.5. The first-order valence-corrected chi connectivity index (χ1v) is 3.77. The molecule has 0 bridgehead atoms. The van der Waals surface area contributed by atoms with Crippen LogP contribution in [0.2, 0.25) is 0 Å². The van der Waals surface area contributed by atoms with Gasteiger partial charge in [0, 0.05) is 14.2 Å². The van der Waals surface area contributed by atoms with Crippen LogP contribution < -0.4 is 0 Å². The molecule has 0 saturated carbocycles. The van der Waals surface area contributed by atoms with Crippen molar-refractivity contribution in [2.75, 3.05) is 21.3 Å². The van der Waals surface area contributed by atoms with Gasteiger partial charge in [-0.1, -0.05) is 0 Å². The zero-order chi connectivity index (χ0) is 7.49. The Kier molecular flexibility index (Phi) is 3.44. The van der Waals surface area contributed by atoms with Gasteiger partial charge in [0.25, 0.3) is 0 Å². The van der Waals surface area contributed by atoms with Crippen molar-refractivity contribution in [3.05, 3.63) is 0 Å². The van der Waals surface area contributed by atoms with Crippen LogP contribution in [0.4, 0.5) is 0 Å². The van der Waals surface area contributed by atoms with E-state index in [0.29, 0.717) is 0 Å². The van der Waals surface area contributed by atoms with Gasteiger partial charge in [-0.25, -0.2) is 4.57 Å². The Morgan fingerprint density at radius 3 is 1.78 bits per heavy atom. The van der Waals surface area contributed by atoms with Crippen molar-refractivity contribution in [2.24, 2.45) is 0 Å². The number of hydrogen-bond acceptors (Lipinski definition) is 3. The molecule has 0 saturated heterocycles. The van der Waals surface area contributed by atoms with Crippen LogP contribution in [0.25, 0.3) is 0 Å². The first-order valence-electron chi connectivity index (χ1n) is 2.27. The Morgan fingerprint density at radius 2 is 1.78 bits per heavy atom. The minimum absolute atomic E-state index is 0.910. The maximum Gasteiger partial charge on any atom is 0.395 e. The third-order valence-electron chi connectivity index (χ3n) is 0.848. The SMILES string of the molecule is [B]N(C)P(=O)(OC)OC. The molecule has 0 rings (SSSR count). The van der Waals surface area contributed by atoms with Gasteiger partial charge in [-0.05, 0) is 7.05 Å². The Hall–Kier alpha value is 0.175. The number of nitrogens with zero attached hydrogens (tertiary/aromatic N) is 1. The van der Waals surface area contributed by atoms with Crippen LogP contribution in [0.15, 0.2) is 0 Å². The van der Waals surface area contributed by atoms with E-state index in [1.807, 2.05) is 0 Å². The molecule has 0 aromatic rings. The summed E-state index contributed by atoms with van der Waals surface area (Å²) in [5.74, 6) is 0. The molecular weight excluding hydrogens is 140 g/mol. The standard InChI is InChI=1S/C3H9BNO3P/c1-5(4)9(6,7-2)8-3/h1-3H3. The first-order chi connectivity index (χ1) is 4.06. The van der Waals surface area contributed by atoms with E-state index in [9.17, 15) is 4.57 Å². The molecule has 0 aliphatic carbocycles. The summed E-state index contributed by atoms with van der Waals surface area (Å²) in [6.45, 7) is 0. The van der Waals surface area contributed by atoms with E-state index in [-0.39, 0.29) is 0 Å². The van der Waals surface area contributed by atoms with E-state index in [4.69, 9.17) is 7.98 Å². The molecule has 9 heavy (non-hydrogen) atoms. The summed E-state index contributed by atoms with van der Waals surface area (Å²) < 4.78 is 20.9. The predicted molar refractivity (Wildman–Crippen MR) is 35.1 cm³/mol.